The zero-order chi connectivity index (χ0) is 31.7. The lowest BCUT2D eigenvalue weighted by Crippen LogP contribution is -2.55. The highest BCUT2D eigenvalue weighted by Gasteiger charge is 2.29. The number of aliphatic carboxylic acids is 2. The minimum atomic E-state index is -1.62. The molecule has 0 saturated heterocycles. The SMILES string of the molecule is CC(C)C[C@H](N)C(=O)N[C@H](CCCN=C(N)N)C(=O)NCC(=O)N[C@H](CC(N)=O)C(=O)N[C@@H](CCC(=O)O)C(=O)O. The number of amides is 5. The monoisotopic (exact) mass is 587 g/mol. The Kier molecular flexibility index (Phi) is 16.7. The van der Waals surface area contributed by atoms with Crippen molar-refractivity contribution in [3.63, 3.8) is 0 Å². The highest BCUT2D eigenvalue weighted by molar-refractivity contribution is 5.95. The summed E-state index contributed by atoms with van der Waals surface area (Å²) in [6.45, 7) is 3.21. The van der Waals surface area contributed by atoms with Crippen LogP contribution < -0.4 is 44.2 Å². The minimum Gasteiger partial charge on any atom is -0.481 e. The predicted octanol–water partition coefficient (Wildman–Crippen LogP) is -4.19. The minimum absolute atomic E-state index is 0.0873. The van der Waals surface area contributed by atoms with Crippen molar-refractivity contribution in [2.24, 2.45) is 33.8 Å². The summed E-state index contributed by atoms with van der Waals surface area (Å²) in [5.41, 5.74) is 21.6. The maximum Gasteiger partial charge on any atom is 0.326 e. The zero-order valence-electron chi connectivity index (χ0n) is 23.1. The lowest BCUT2D eigenvalue weighted by Gasteiger charge is -2.22. The fraction of sp³-hybridized carbons (Fsp3) is 0.652. The summed E-state index contributed by atoms with van der Waals surface area (Å²) in [5, 5.41) is 27.0. The number of carboxylic acids is 2. The van der Waals surface area contributed by atoms with Crippen LogP contribution in [-0.2, 0) is 33.6 Å². The second-order valence-electron chi connectivity index (χ2n) is 9.59. The van der Waals surface area contributed by atoms with Crippen LogP contribution in [0.5, 0.6) is 0 Å². The Balaban J connectivity index is 5.36. The van der Waals surface area contributed by atoms with Gasteiger partial charge in [0, 0.05) is 13.0 Å². The van der Waals surface area contributed by atoms with Gasteiger partial charge in [-0.05, 0) is 31.6 Å². The molecule has 0 saturated carbocycles. The van der Waals surface area contributed by atoms with Gasteiger partial charge in [-0.15, -0.1) is 0 Å². The van der Waals surface area contributed by atoms with Gasteiger partial charge in [0.2, 0.25) is 29.5 Å². The van der Waals surface area contributed by atoms with Gasteiger partial charge in [-0.1, -0.05) is 13.8 Å². The van der Waals surface area contributed by atoms with Crippen LogP contribution in [0, 0.1) is 5.92 Å². The van der Waals surface area contributed by atoms with E-state index in [1.54, 1.807) is 0 Å². The van der Waals surface area contributed by atoms with Gasteiger partial charge in [0.05, 0.1) is 19.0 Å². The maximum atomic E-state index is 12.8. The third-order valence-corrected chi connectivity index (χ3v) is 5.38. The van der Waals surface area contributed by atoms with Crippen LogP contribution in [0.1, 0.15) is 52.4 Å². The number of hydrogen-bond acceptors (Lipinski definition) is 9. The number of rotatable bonds is 20. The molecular weight excluding hydrogens is 546 g/mol. The van der Waals surface area contributed by atoms with E-state index in [4.69, 9.17) is 28.0 Å². The molecule has 0 aliphatic rings. The third-order valence-electron chi connectivity index (χ3n) is 5.38. The number of nitrogens with zero attached hydrogens (tertiary/aromatic N) is 1. The largest absolute Gasteiger partial charge is 0.481 e. The molecule has 0 unspecified atom stereocenters. The Labute approximate surface area is 236 Å². The highest BCUT2D eigenvalue weighted by atomic mass is 16.4. The molecule has 0 spiro atoms. The molecule has 4 atom stereocenters. The number of primary amides is 1. The maximum absolute atomic E-state index is 12.8. The van der Waals surface area contributed by atoms with E-state index in [0.29, 0.717) is 6.42 Å². The van der Waals surface area contributed by atoms with Crippen molar-refractivity contribution < 1.29 is 43.8 Å². The molecule has 18 heteroatoms. The molecule has 0 aliphatic carbocycles. The third kappa shape index (κ3) is 17.0. The Morgan fingerprint density at radius 2 is 1.41 bits per heavy atom. The van der Waals surface area contributed by atoms with Crippen LogP contribution in [0.15, 0.2) is 4.99 Å². The molecule has 0 radical (unpaired) electrons. The van der Waals surface area contributed by atoms with Gasteiger partial charge in [-0.3, -0.25) is 33.8 Å². The van der Waals surface area contributed by atoms with Crippen molar-refractivity contribution in [3.8, 4) is 0 Å². The summed E-state index contributed by atoms with van der Waals surface area (Å²) < 4.78 is 0. The molecule has 0 rings (SSSR count). The van der Waals surface area contributed by atoms with Crippen molar-refractivity contribution in [2.45, 2.75) is 76.5 Å². The van der Waals surface area contributed by atoms with Gasteiger partial charge in [0.15, 0.2) is 5.96 Å². The summed E-state index contributed by atoms with van der Waals surface area (Å²) >= 11 is 0. The second-order valence-corrected chi connectivity index (χ2v) is 9.59. The number of carbonyl (C=O) groups excluding carboxylic acids is 5. The number of carbonyl (C=O) groups is 7. The van der Waals surface area contributed by atoms with E-state index >= 15 is 0 Å². The van der Waals surface area contributed by atoms with E-state index in [2.05, 4.69) is 20.9 Å². The molecule has 0 aromatic rings. The average Bonchev–Trinajstić information content (AvgIpc) is 2.84. The number of nitrogens with one attached hydrogen (secondary N) is 4. The Hall–Kier alpha value is -4.48. The van der Waals surface area contributed by atoms with Crippen LogP contribution in [-0.4, -0.2) is 94.9 Å². The molecule has 18 nitrogen and oxygen atoms in total. The van der Waals surface area contributed by atoms with Gasteiger partial charge < -0.3 is 54.4 Å². The van der Waals surface area contributed by atoms with E-state index in [0.717, 1.165) is 0 Å². The van der Waals surface area contributed by atoms with Crippen LogP contribution in [0.4, 0.5) is 0 Å². The number of aliphatic imine (C=N–C) groups is 1. The molecule has 0 bridgehead atoms. The molecule has 14 N–H and O–H groups in total. The van der Waals surface area contributed by atoms with Gasteiger partial charge in [-0.25, -0.2) is 4.79 Å². The van der Waals surface area contributed by atoms with Gasteiger partial charge in [0.1, 0.15) is 18.1 Å². The number of hydrogen-bond donors (Lipinski definition) is 10. The number of carboxylic acid groups (broad SMARTS) is 2. The first kappa shape index (κ1) is 36.5. The van der Waals surface area contributed by atoms with E-state index in [-0.39, 0.29) is 31.3 Å². The topological polar surface area (TPSA) is 325 Å². The molecule has 0 fully saturated rings. The quantitative estimate of drug-likeness (QED) is 0.0368. The molecule has 232 valence electrons. The van der Waals surface area contributed by atoms with Gasteiger partial charge in [-0.2, -0.15) is 0 Å². The van der Waals surface area contributed by atoms with E-state index in [9.17, 15) is 38.7 Å². The van der Waals surface area contributed by atoms with Crippen molar-refractivity contribution in [2.75, 3.05) is 13.1 Å². The van der Waals surface area contributed by atoms with Gasteiger partial charge >= 0.3 is 11.9 Å². The van der Waals surface area contributed by atoms with E-state index < -0.39 is 91.4 Å². The predicted molar refractivity (Wildman–Crippen MR) is 144 cm³/mol. The lowest BCUT2D eigenvalue weighted by atomic mass is 10.0. The summed E-state index contributed by atoms with van der Waals surface area (Å²) in [5.74, 6) is -7.27. The van der Waals surface area contributed by atoms with Crippen molar-refractivity contribution in [3.05, 3.63) is 0 Å². The van der Waals surface area contributed by atoms with Crippen molar-refractivity contribution >= 4 is 47.4 Å². The molecule has 0 aromatic carbocycles. The first-order valence-corrected chi connectivity index (χ1v) is 12.7. The lowest BCUT2D eigenvalue weighted by molar-refractivity contribution is -0.143. The smallest absolute Gasteiger partial charge is 0.326 e. The summed E-state index contributed by atoms with van der Waals surface area (Å²) in [7, 11) is 0. The fourth-order valence-electron chi connectivity index (χ4n) is 3.41. The molecule has 0 heterocycles. The molecule has 5 amide bonds. The number of nitrogens with two attached hydrogens (primary N) is 4. The Bertz CT molecular complexity index is 984. The van der Waals surface area contributed by atoms with Gasteiger partial charge in [0.25, 0.3) is 0 Å². The second kappa shape index (κ2) is 18.7. The van der Waals surface area contributed by atoms with Crippen molar-refractivity contribution in [1.82, 2.24) is 21.3 Å². The molecular formula is C23H41N9O9. The van der Waals surface area contributed by atoms with E-state index in [1.165, 1.54) is 0 Å². The molecule has 41 heavy (non-hydrogen) atoms. The zero-order valence-corrected chi connectivity index (χ0v) is 23.1. The van der Waals surface area contributed by atoms with Crippen LogP contribution >= 0.6 is 0 Å². The standard InChI is InChI=1S/C23H41N9O9/c1-11(2)8-12(24)19(37)31-13(4-3-7-28-23(26)27)20(38)29-10-17(34)30-15(9-16(25)33)21(39)32-14(22(40)41)5-6-18(35)36/h11-15H,3-10,24H2,1-2H3,(H2,25,33)(H,29,38)(H,30,34)(H,31,37)(H,32,39)(H,35,36)(H,40,41)(H4,26,27,28)/t12-,13+,14-,15+/m0/s1. The number of guanidine groups is 1. The molecule has 0 aromatic heterocycles. The molecule has 0 aliphatic heterocycles. The van der Waals surface area contributed by atoms with Crippen LogP contribution in [0.2, 0.25) is 0 Å². The van der Waals surface area contributed by atoms with E-state index in [1.807, 2.05) is 19.2 Å². The Morgan fingerprint density at radius 1 is 0.805 bits per heavy atom. The normalized spacial score (nSPS) is 13.6. The summed E-state index contributed by atoms with van der Waals surface area (Å²) in [4.78, 5) is 87.7. The first-order chi connectivity index (χ1) is 19.0. The summed E-state index contributed by atoms with van der Waals surface area (Å²) in [6, 6.07) is -5.23. The van der Waals surface area contributed by atoms with Crippen molar-refractivity contribution in [1.29, 1.82) is 0 Å². The van der Waals surface area contributed by atoms with Crippen LogP contribution in [0.25, 0.3) is 0 Å². The summed E-state index contributed by atoms with van der Waals surface area (Å²) in [6.07, 6.45) is -1.00. The fourth-order valence-corrected chi connectivity index (χ4v) is 3.41. The van der Waals surface area contributed by atoms with Crippen LogP contribution in [0.3, 0.4) is 0 Å². The average molecular weight is 588 g/mol. The highest BCUT2D eigenvalue weighted by Crippen LogP contribution is 2.05. The Morgan fingerprint density at radius 3 is 1.93 bits per heavy atom. The first-order valence-electron chi connectivity index (χ1n) is 12.7.